The van der Waals surface area contributed by atoms with E-state index >= 15 is 0 Å². The van der Waals surface area contributed by atoms with Crippen LogP contribution in [0.5, 0.6) is 0 Å². The Morgan fingerprint density at radius 3 is 2.13 bits per heavy atom. The second-order valence-electron chi connectivity index (χ2n) is 7.51. The van der Waals surface area contributed by atoms with Gasteiger partial charge in [0.05, 0.1) is 5.69 Å². The number of nitrogens with two attached hydrogens (primary N) is 1. The number of hydrogen-bond acceptors (Lipinski definition) is 5. The molecule has 0 aliphatic carbocycles. The lowest BCUT2D eigenvalue weighted by molar-refractivity contribution is -0.0987. The van der Waals surface area contributed by atoms with Gasteiger partial charge in [-0.2, -0.15) is 0 Å². The van der Waals surface area contributed by atoms with Gasteiger partial charge in [0.1, 0.15) is 24.9 Å². The van der Waals surface area contributed by atoms with Gasteiger partial charge < -0.3 is 20.2 Å². The van der Waals surface area contributed by atoms with E-state index in [1.54, 1.807) is 12.3 Å². The fourth-order valence-corrected chi connectivity index (χ4v) is 3.49. The third-order valence-corrected chi connectivity index (χ3v) is 5.18. The topological polar surface area (TPSA) is 76.3 Å². The number of fused-ring (bicyclic) bond motifs is 1. The second kappa shape index (κ2) is 13.1. The molecule has 166 valence electrons. The van der Waals surface area contributed by atoms with Crippen LogP contribution < -0.4 is 10.6 Å². The minimum absolute atomic E-state index is 0.232. The van der Waals surface area contributed by atoms with Crippen LogP contribution in [-0.4, -0.2) is 31.7 Å². The molecule has 0 amide bonds. The maximum atomic E-state index is 13.8. The number of hydrogen-bond donors (Lipinski definition) is 1. The van der Waals surface area contributed by atoms with E-state index in [1.165, 1.54) is 24.5 Å². The molecule has 0 saturated carbocycles. The number of para-hydroxylation sites is 1. The van der Waals surface area contributed by atoms with E-state index in [4.69, 9.17) is 15.3 Å². The van der Waals surface area contributed by atoms with Gasteiger partial charge in [0.15, 0.2) is 0 Å². The van der Waals surface area contributed by atoms with E-state index in [0.717, 1.165) is 41.3 Å². The first-order valence-corrected chi connectivity index (χ1v) is 10.1. The lowest BCUT2D eigenvalue weighted by Crippen LogP contribution is -2.33. The Morgan fingerprint density at radius 2 is 1.58 bits per heavy atom. The van der Waals surface area contributed by atoms with Crippen LogP contribution in [0.4, 0.5) is 15.8 Å². The molecule has 0 spiro atoms. The number of carbonyl (C=O) groups excluding carboxylic acids is 2. The van der Waals surface area contributed by atoms with Crippen LogP contribution >= 0.6 is 0 Å². The number of halogens is 1. The highest BCUT2D eigenvalue weighted by atomic mass is 19.1. The molecule has 3 aromatic rings. The molecule has 0 atom stereocenters. The molecule has 4 rings (SSSR count). The van der Waals surface area contributed by atoms with Gasteiger partial charge >= 0.3 is 0 Å². The molecule has 2 heterocycles. The zero-order valence-corrected chi connectivity index (χ0v) is 18.6. The molecular formula is C25H32FN3O2. The molecule has 1 fully saturated rings. The van der Waals surface area contributed by atoms with Gasteiger partial charge in [0.25, 0.3) is 0 Å². The van der Waals surface area contributed by atoms with Crippen molar-refractivity contribution in [2.75, 3.05) is 23.7 Å². The number of aromatic nitrogens is 1. The summed E-state index contributed by atoms with van der Waals surface area (Å²) in [6.45, 7) is 12.5. The van der Waals surface area contributed by atoms with Crippen molar-refractivity contribution in [2.45, 2.75) is 33.6 Å². The van der Waals surface area contributed by atoms with Crippen molar-refractivity contribution in [1.82, 2.24) is 4.98 Å². The molecular weight excluding hydrogens is 393 g/mol. The zero-order valence-electron chi connectivity index (χ0n) is 18.6. The third kappa shape index (κ3) is 7.17. The van der Waals surface area contributed by atoms with Crippen LogP contribution in [0.15, 0.2) is 48.7 Å². The van der Waals surface area contributed by atoms with Gasteiger partial charge in [0.2, 0.25) is 0 Å². The molecule has 5 nitrogen and oxygen atoms in total. The molecule has 1 aliphatic heterocycles. The summed E-state index contributed by atoms with van der Waals surface area (Å²) in [6.07, 6.45) is 4.20. The number of anilines is 2. The second-order valence-corrected chi connectivity index (χ2v) is 7.51. The van der Waals surface area contributed by atoms with Crippen LogP contribution in [0.2, 0.25) is 0 Å². The van der Waals surface area contributed by atoms with Crippen molar-refractivity contribution in [3.05, 3.63) is 65.6 Å². The molecule has 1 saturated heterocycles. The summed E-state index contributed by atoms with van der Waals surface area (Å²) < 4.78 is 13.8. The first kappa shape index (κ1) is 25.8. The normalized spacial score (nSPS) is 13.1. The Balaban J connectivity index is 0.000000336. The molecule has 0 bridgehead atoms. The Labute approximate surface area is 184 Å². The highest BCUT2D eigenvalue weighted by Crippen LogP contribution is 2.32. The highest BCUT2D eigenvalue weighted by molar-refractivity contribution is 5.93. The van der Waals surface area contributed by atoms with E-state index in [0.29, 0.717) is 5.52 Å². The number of aryl methyl sites for hydroxylation is 2. The zero-order chi connectivity index (χ0) is 23.4. The fourth-order valence-electron chi connectivity index (χ4n) is 3.49. The Kier molecular flexibility index (Phi) is 10.9. The standard InChI is InChI=1S/C16H19FN2.C7H9N.2CH2O/c1-11-6-8-19(9-7-11)16-12(2)10-18-15-13(16)4-3-5-14(15)17;1-6-2-4-7(8)5-3-6;2*1-2/h3-5,10-11H,6-9H2,1-2H3;2-5H,8H2,1H3;2*1H2. The van der Waals surface area contributed by atoms with Gasteiger partial charge in [-0.1, -0.05) is 36.8 Å². The van der Waals surface area contributed by atoms with Crippen LogP contribution in [0, 0.1) is 25.6 Å². The van der Waals surface area contributed by atoms with Crippen LogP contribution in [0.3, 0.4) is 0 Å². The summed E-state index contributed by atoms with van der Waals surface area (Å²) in [5.74, 6) is 0.561. The summed E-state index contributed by atoms with van der Waals surface area (Å²) in [4.78, 5) is 22.6. The fraction of sp³-hybridized carbons (Fsp3) is 0.320. The summed E-state index contributed by atoms with van der Waals surface area (Å²) in [6, 6.07) is 13.0. The van der Waals surface area contributed by atoms with Gasteiger partial charge in [-0.3, -0.25) is 4.98 Å². The van der Waals surface area contributed by atoms with Crippen molar-refractivity contribution in [3.8, 4) is 0 Å². The van der Waals surface area contributed by atoms with Crippen molar-refractivity contribution in [2.24, 2.45) is 5.92 Å². The maximum Gasteiger partial charge on any atom is 0.149 e. The minimum Gasteiger partial charge on any atom is -0.399 e. The van der Waals surface area contributed by atoms with Crippen molar-refractivity contribution in [1.29, 1.82) is 0 Å². The van der Waals surface area contributed by atoms with E-state index in [2.05, 4.69) is 23.7 Å². The third-order valence-electron chi connectivity index (χ3n) is 5.18. The number of nitrogens with zero attached hydrogens (tertiary/aromatic N) is 2. The average Bonchev–Trinajstić information content (AvgIpc) is 2.80. The van der Waals surface area contributed by atoms with Gasteiger partial charge in [0, 0.05) is 30.4 Å². The summed E-state index contributed by atoms with van der Waals surface area (Å²) in [5, 5.41) is 0.939. The van der Waals surface area contributed by atoms with Crippen molar-refractivity contribution < 1.29 is 14.0 Å². The first-order valence-electron chi connectivity index (χ1n) is 10.1. The van der Waals surface area contributed by atoms with Gasteiger partial charge in [-0.15, -0.1) is 0 Å². The van der Waals surface area contributed by atoms with Gasteiger partial charge in [-0.25, -0.2) is 4.39 Å². The molecule has 1 aromatic heterocycles. The quantitative estimate of drug-likeness (QED) is 0.547. The predicted octanol–water partition coefficient (Wildman–Crippen LogP) is 5.13. The van der Waals surface area contributed by atoms with Crippen LogP contribution in [0.1, 0.15) is 30.9 Å². The number of piperidine rings is 1. The summed E-state index contributed by atoms with van der Waals surface area (Å²) >= 11 is 0. The SMILES string of the molecule is C=O.C=O.Cc1ccc(N)cc1.Cc1cnc2c(F)cccc2c1N1CCC(C)CC1. The predicted molar refractivity (Wildman–Crippen MR) is 127 cm³/mol. The Morgan fingerprint density at radius 1 is 1.00 bits per heavy atom. The number of rotatable bonds is 1. The average molecular weight is 426 g/mol. The first-order chi connectivity index (χ1) is 15.0. The van der Waals surface area contributed by atoms with E-state index in [9.17, 15) is 4.39 Å². The molecule has 31 heavy (non-hydrogen) atoms. The van der Waals surface area contributed by atoms with Crippen LogP contribution in [-0.2, 0) is 9.59 Å². The number of benzene rings is 2. The van der Waals surface area contributed by atoms with Gasteiger partial charge in [-0.05, 0) is 56.4 Å². The Hall–Kier alpha value is -3.28. The highest BCUT2D eigenvalue weighted by Gasteiger charge is 2.20. The molecule has 0 radical (unpaired) electrons. The molecule has 1 aliphatic rings. The smallest absolute Gasteiger partial charge is 0.149 e. The van der Waals surface area contributed by atoms with Crippen molar-refractivity contribution >= 4 is 35.9 Å². The summed E-state index contributed by atoms with van der Waals surface area (Å²) in [5.41, 5.74) is 10.3. The van der Waals surface area contributed by atoms with E-state index < -0.39 is 0 Å². The lowest BCUT2D eigenvalue weighted by Gasteiger charge is -2.33. The molecule has 0 unspecified atom stereocenters. The van der Waals surface area contributed by atoms with Crippen LogP contribution in [0.25, 0.3) is 10.9 Å². The van der Waals surface area contributed by atoms with E-state index in [1.807, 2.05) is 50.8 Å². The number of pyridine rings is 1. The molecule has 2 N–H and O–H groups in total. The number of nitrogen functional groups attached to an aromatic ring is 1. The molecule has 2 aromatic carbocycles. The maximum absolute atomic E-state index is 13.8. The largest absolute Gasteiger partial charge is 0.399 e. The van der Waals surface area contributed by atoms with E-state index in [-0.39, 0.29) is 5.82 Å². The summed E-state index contributed by atoms with van der Waals surface area (Å²) in [7, 11) is 0. The lowest BCUT2D eigenvalue weighted by atomic mass is 9.97. The molecule has 6 heteroatoms. The van der Waals surface area contributed by atoms with Crippen molar-refractivity contribution in [3.63, 3.8) is 0 Å². The minimum atomic E-state index is -0.232. The Bertz CT molecular complexity index is 916. The monoisotopic (exact) mass is 425 g/mol. The number of carbonyl (C=O) groups is 2.